The summed E-state index contributed by atoms with van der Waals surface area (Å²) < 4.78 is 0. The molecule has 8 heteroatoms. The standard InChI is InChI=1S/C46H42N4P4/c1-33-18-15-30-41(51)43(33)49-45(53(37-22-7-3-8-23-37)38-24-9-4-10-25-38)47-35-20-17-21-36(32-35)48-46(50-44-34(2)19-16-31-42(44)52)54(39-26-11-5-12-27-39)40-28-13-6-14-29-40/h3-32H,51-52H2,1-2H3,(H,47,49)(H,48,50). The summed E-state index contributed by atoms with van der Waals surface area (Å²) in [4.78, 5) is 10.9. The average molecular weight is 775 g/mol. The zero-order valence-electron chi connectivity index (χ0n) is 30.3. The lowest BCUT2D eigenvalue weighted by Gasteiger charge is -2.24. The van der Waals surface area contributed by atoms with E-state index in [2.05, 4.69) is 225 Å². The number of nitrogens with one attached hydrogen (secondary N) is 2. The van der Waals surface area contributed by atoms with Gasteiger partial charge in [-0.15, -0.1) is 18.5 Å². The van der Waals surface area contributed by atoms with Gasteiger partial charge in [0.25, 0.3) is 0 Å². The molecule has 0 aliphatic rings. The highest BCUT2D eigenvalue weighted by atomic mass is 31.1. The second-order valence-electron chi connectivity index (χ2n) is 12.7. The number of para-hydroxylation sites is 2. The molecule has 7 rings (SSSR count). The van der Waals surface area contributed by atoms with Gasteiger partial charge in [0.2, 0.25) is 0 Å². The molecule has 7 aromatic rings. The van der Waals surface area contributed by atoms with Gasteiger partial charge >= 0.3 is 0 Å². The third kappa shape index (κ3) is 9.10. The van der Waals surface area contributed by atoms with Gasteiger partial charge in [0.15, 0.2) is 0 Å². The first-order valence-corrected chi connectivity index (χ1v) is 21.6. The third-order valence-corrected chi connectivity index (χ3v) is 14.4. The van der Waals surface area contributed by atoms with E-state index in [1.807, 2.05) is 0 Å². The molecule has 0 heterocycles. The van der Waals surface area contributed by atoms with Gasteiger partial charge in [-0.25, -0.2) is 9.98 Å². The van der Waals surface area contributed by atoms with Crippen LogP contribution < -0.4 is 42.5 Å². The fourth-order valence-electron chi connectivity index (χ4n) is 6.19. The Bertz CT molecular complexity index is 2100. The Hall–Kier alpha value is -4.80. The van der Waals surface area contributed by atoms with E-state index in [0.717, 1.165) is 55.6 Å². The van der Waals surface area contributed by atoms with Crippen molar-refractivity contribution in [1.29, 1.82) is 0 Å². The first-order chi connectivity index (χ1) is 26.4. The molecule has 0 saturated carbocycles. The molecule has 0 bridgehead atoms. The summed E-state index contributed by atoms with van der Waals surface area (Å²) in [7, 11) is 3.70. The van der Waals surface area contributed by atoms with Crippen LogP contribution in [-0.4, -0.2) is 11.2 Å². The van der Waals surface area contributed by atoms with Crippen molar-refractivity contribution < 1.29 is 0 Å². The minimum absolute atomic E-state index is 0.822. The summed E-state index contributed by atoms with van der Waals surface area (Å²) in [6, 6.07) is 63.7. The Morgan fingerprint density at radius 3 is 1.04 bits per heavy atom. The van der Waals surface area contributed by atoms with Crippen molar-refractivity contribution >= 4 is 100 Å². The van der Waals surface area contributed by atoms with E-state index in [-0.39, 0.29) is 0 Å². The number of aliphatic imine (C=N–C) groups is 2. The molecule has 0 aliphatic heterocycles. The number of aryl methyl sites for hydroxylation is 2. The van der Waals surface area contributed by atoms with Gasteiger partial charge in [0.1, 0.15) is 11.2 Å². The summed E-state index contributed by atoms with van der Waals surface area (Å²) >= 11 is 0. The smallest absolute Gasteiger partial charge is 0.138 e. The monoisotopic (exact) mass is 774 g/mol. The molecule has 54 heavy (non-hydrogen) atoms. The van der Waals surface area contributed by atoms with Crippen LogP contribution in [0.25, 0.3) is 0 Å². The lowest BCUT2D eigenvalue weighted by Crippen LogP contribution is -2.25. The van der Waals surface area contributed by atoms with Crippen LogP contribution in [0.2, 0.25) is 0 Å². The van der Waals surface area contributed by atoms with E-state index in [4.69, 9.17) is 9.98 Å². The number of amidine groups is 2. The lowest BCUT2D eigenvalue weighted by atomic mass is 10.2. The average Bonchev–Trinajstić information content (AvgIpc) is 3.20. The van der Waals surface area contributed by atoms with Crippen molar-refractivity contribution in [2.75, 3.05) is 10.6 Å². The molecule has 0 spiro atoms. The van der Waals surface area contributed by atoms with Crippen LogP contribution in [0.15, 0.2) is 192 Å². The maximum atomic E-state index is 5.47. The quantitative estimate of drug-likeness (QED) is 0.0827. The number of hydrogen-bond acceptors (Lipinski definition) is 2. The molecule has 0 fully saturated rings. The fraction of sp³-hybridized carbons (Fsp3) is 0.0435. The summed E-state index contributed by atoms with van der Waals surface area (Å²) in [5.74, 6) is 0. The highest BCUT2D eigenvalue weighted by molar-refractivity contribution is 7.88. The van der Waals surface area contributed by atoms with Gasteiger partial charge in [-0.3, -0.25) is 0 Å². The predicted molar refractivity (Wildman–Crippen MR) is 247 cm³/mol. The van der Waals surface area contributed by atoms with E-state index in [0.29, 0.717) is 0 Å². The van der Waals surface area contributed by atoms with E-state index in [1.165, 1.54) is 21.2 Å². The van der Waals surface area contributed by atoms with Gasteiger partial charge in [0.05, 0.1) is 11.4 Å². The van der Waals surface area contributed by atoms with Crippen molar-refractivity contribution in [1.82, 2.24) is 0 Å². The Balaban J connectivity index is 1.40. The highest BCUT2D eigenvalue weighted by Gasteiger charge is 2.24. The molecule has 0 aromatic heterocycles. The second-order valence-corrected chi connectivity index (χ2v) is 18.2. The van der Waals surface area contributed by atoms with E-state index in [1.54, 1.807) is 0 Å². The molecule has 0 radical (unpaired) electrons. The summed E-state index contributed by atoms with van der Waals surface area (Å²) in [6.07, 6.45) is 0. The molecule has 2 unspecified atom stereocenters. The Morgan fingerprint density at radius 1 is 0.407 bits per heavy atom. The molecule has 0 amide bonds. The first-order valence-electron chi connectivity index (χ1n) is 17.8. The topological polar surface area (TPSA) is 48.8 Å². The maximum Gasteiger partial charge on any atom is 0.138 e. The van der Waals surface area contributed by atoms with Gasteiger partial charge < -0.3 is 10.6 Å². The van der Waals surface area contributed by atoms with Gasteiger partial charge in [0, 0.05) is 27.2 Å². The predicted octanol–water partition coefficient (Wildman–Crippen LogP) is 9.77. The Kier molecular flexibility index (Phi) is 12.5. The maximum absolute atomic E-state index is 5.47. The summed E-state index contributed by atoms with van der Waals surface area (Å²) in [5, 5.41) is 14.7. The van der Waals surface area contributed by atoms with Crippen molar-refractivity contribution in [3.63, 3.8) is 0 Å². The van der Waals surface area contributed by atoms with Crippen LogP contribution in [0.4, 0.5) is 22.7 Å². The molecular formula is C46H42N4P4. The van der Waals surface area contributed by atoms with E-state index >= 15 is 0 Å². The summed E-state index contributed by atoms with van der Waals surface area (Å²) in [5.41, 5.74) is 7.82. The Labute approximate surface area is 326 Å². The zero-order valence-corrected chi connectivity index (χ0v) is 34.4. The van der Waals surface area contributed by atoms with Crippen LogP contribution >= 0.6 is 34.3 Å². The number of rotatable bonds is 10. The van der Waals surface area contributed by atoms with Gasteiger partial charge in [-0.2, -0.15) is 0 Å². The third-order valence-electron chi connectivity index (χ3n) is 8.86. The van der Waals surface area contributed by atoms with Crippen LogP contribution in [-0.2, 0) is 0 Å². The molecule has 266 valence electrons. The lowest BCUT2D eigenvalue weighted by molar-refractivity contribution is 1.44. The summed E-state index contributed by atoms with van der Waals surface area (Å²) in [6.45, 7) is 4.27. The van der Waals surface area contributed by atoms with Crippen molar-refractivity contribution in [3.05, 3.63) is 193 Å². The zero-order chi connectivity index (χ0) is 37.3. The van der Waals surface area contributed by atoms with Crippen LogP contribution in [0, 0.1) is 13.8 Å². The second kappa shape index (κ2) is 18.0. The van der Waals surface area contributed by atoms with Crippen LogP contribution in [0.5, 0.6) is 0 Å². The van der Waals surface area contributed by atoms with Crippen molar-refractivity contribution in [2.24, 2.45) is 9.98 Å². The number of benzene rings is 7. The minimum Gasteiger partial charge on any atom is -0.339 e. The van der Waals surface area contributed by atoms with Crippen molar-refractivity contribution in [3.8, 4) is 0 Å². The number of hydrogen-bond donors (Lipinski definition) is 2. The molecule has 0 aliphatic carbocycles. The first kappa shape index (κ1) is 37.5. The number of anilines is 2. The fourth-order valence-corrected chi connectivity index (χ4v) is 11.3. The molecule has 7 aromatic carbocycles. The minimum atomic E-state index is -1.04. The molecule has 0 saturated heterocycles. The number of nitrogens with zero attached hydrogens (tertiary/aromatic N) is 2. The Morgan fingerprint density at radius 2 is 0.722 bits per heavy atom. The molecule has 2 N–H and O–H groups in total. The van der Waals surface area contributed by atoms with E-state index < -0.39 is 15.8 Å². The molecular weight excluding hydrogens is 732 g/mol. The largest absolute Gasteiger partial charge is 0.339 e. The van der Waals surface area contributed by atoms with Crippen molar-refractivity contribution in [2.45, 2.75) is 13.8 Å². The van der Waals surface area contributed by atoms with Crippen LogP contribution in [0.1, 0.15) is 11.1 Å². The molecule has 4 nitrogen and oxygen atoms in total. The normalized spacial score (nSPS) is 11.9. The molecule has 2 atom stereocenters. The SMILES string of the molecule is Cc1cccc(P)c1N/C(=N/c1cccc(/N=C(\Nc2c(C)cccc2P)P(c2ccccc2)c2ccccc2)c1)P(c1ccccc1)c1ccccc1. The highest BCUT2D eigenvalue weighted by Crippen LogP contribution is 2.40. The van der Waals surface area contributed by atoms with Gasteiger partial charge in [-0.05, 0) is 75.0 Å². The van der Waals surface area contributed by atoms with Crippen LogP contribution in [0.3, 0.4) is 0 Å². The van der Waals surface area contributed by atoms with E-state index in [9.17, 15) is 0 Å². The van der Waals surface area contributed by atoms with Gasteiger partial charge in [-0.1, -0.05) is 164 Å².